The van der Waals surface area contributed by atoms with E-state index in [0.29, 0.717) is 6.04 Å². The first-order valence-corrected chi connectivity index (χ1v) is 8.44. The molecule has 0 aromatic heterocycles. The number of nitrogens with one attached hydrogen (secondary N) is 1. The number of hydrogen-bond acceptors (Lipinski definition) is 2. The summed E-state index contributed by atoms with van der Waals surface area (Å²) in [7, 11) is 0. The maximum atomic E-state index is 5.72. The molecule has 1 aliphatic rings. The van der Waals surface area contributed by atoms with E-state index >= 15 is 0 Å². The molecule has 2 heteroatoms. The van der Waals surface area contributed by atoms with Crippen LogP contribution in [-0.4, -0.2) is 19.2 Å². The predicted molar refractivity (Wildman–Crippen MR) is 83.3 cm³/mol. The molecular formula is C17H33NO. The molecule has 0 aromatic rings. The lowest BCUT2D eigenvalue weighted by atomic mass is 10.0. The van der Waals surface area contributed by atoms with Crippen molar-refractivity contribution < 1.29 is 4.74 Å². The molecule has 0 aliphatic carbocycles. The van der Waals surface area contributed by atoms with E-state index in [1.54, 1.807) is 0 Å². The quantitative estimate of drug-likeness (QED) is 0.513. The van der Waals surface area contributed by atoms with Gasteiger partial charge in [0.05, 0.1) is 12.6 Å². The van der Waals surface area contributed by atoms with Crippen molar-refractivity contribution in [3.63, 3.8) is 0 Å². The topological polar surface area (TPSA) is 21.3 Å². The third-order valence-corrected chi connectivity index (χ3v) is 3.81. The number of ether oxygens (including phenoxy) is 1. The Labute approximate surface area is 120 Å². The lowest BCUT2D eigenvalue weighted by molar-refractivity contribution is 0.210. The van der Waals surface area contributed by atoms with Gasteiger partial charge in [-0.3, -0.25) is 0 Å². The second-order valence-electron chi connectivity index (χ2n) is 5.66. The maximum Gasteiger partial charge on any atom is 0.109 e. The van der Waals surface area contributed by atoms with Crippen molar-refractivity contribution in [2.75, 3.05) is 13.2 Å². The minimum atomic E-state index is 0.470. The van der Waals surface area contributed by atoms with Crippen molar-refractivity contribution in [2.45, 2.75) is 84.1 Å². The van der Waals surface area contributed by atoms with Gasteiger partial charge in [-0.15, -0.1) is 0 Å². The van der Waals surface area contributed by atoms with Gasteiger partial charge in [0, 0.05) is 6.42 Å². The minimum absolute atomic E-state index is 0.470. The highest BCUT2D eigenvalue weighted by Gasteiger charge is 2.17. The van der Waals surface area contributed by atoms with Crippen molar-refractivity contribution in [3.05, 3.63) is 11.8 Å². The summed E-state index contributed by atoms with van der Waals surface area (Å²) in [4.78, 5) is 0. The molecule has 0 fully saturated rings. The molecule has 0 saturated carbocycles. The van der Waals surface area contributed by atoms with Gasteiger partial charge in [0.15, 0.2) is 0 Å². The van der Waals surface area contributed by atoms with Crippen LogP contribution in [-0.2, 0) is 4.74 Å². The van der Waals surface area contributed by atoms with E-state index in [9.17, 15) is 0 Å². The first-order valence-electron chi connectivity index (χ1n) is 8.44. The molecular weight excluding hydrogens is 234 g/mol. The first-order chi connectivity index (χ1) is 9.38. The molecule has 19 heavy (non-hydrogen) atoms. The third-order valence-electron chi connectivity index (χ3n) is 3.81. The van der Waals surface area contributed by atoms with E-state index in [0.717, 1.165) is 19.6 Å². The zero-order chi connectivity index (χ0) is 13.8. The van der Waals surface area contributed by atoms with Crippen molar-refractivity contribution in [1.29, 1.82) is 0 Å². The van der Waals surface area contributed by atoms with E-state index in [4.69, 9.17) is 4.74 Å². The summed E-state index contributed by atoms with van der Waals surface area (Å²) in [6.07, 6.45) is 15.5. The fraction of sp³-hybridized carbons (Fsp3) is 0.882. The normalized spacial score (nSPS) is 16.2. The van der Waals surface area contributed by atoms with Crippen molar-refractivity contribution in [3.8, 4) is 0 Å². The Morgan fingerprint density at radius 3 is 2.42 bits per heavy atom. The van der Waals surface area contributed by atoms with Crippen LogP contribution < -0.4 is 5.32 Å². The van der Waals surface area contributed by atoms with Crippen LogP contribution in [0.3, 0.4) is 0 Å². The lowest BCUT2D eigenvalue weighted by Gasteiger charge is -2.19. The molecule has 0 radical (unpaired) electrons. The molecule has 1 rings (SSSR count). The molecule has 0 saturated heterocycles. The Hall–Kier alpha value is -0.500. The van der Waals surface area contributed by atoms with Gasteiger partial charge in [-0.2, -0.15) is 0 Å². The summed E-state index contributed by atoms with van der Waals surface area (Å²) < 4.78 is 5.72. The van der Waals surface area contributed by atoms with E-state index in [1.807, 2.05) is 0 Å². The molecule has 0 bridgehead atoms. The van der Waals surface area contributed by atoms with Gasteiger partial charge >= 0.3 is 0 Å². The van der Waals surface area contributed by atoms with Crippen LogP contribution in [0, 0.1) is 0 Å². The SMILES string of the molecule is CCCCCCCCCC(NCCC)C1=CCCO1. The predicted octanol–water partition coefficient (Wildman–Crippen LogP) is 4.80. The van der Waals surface area contributed by atoms with Crippen molar-refractivity contribution >= 4 is 0 Å². The number of hydrogen-bond donors (Lipinski definition) is 1. The first kappa shape index (κ1) is 16.6. The molecule has 2 nitrogen and oxygen atoms in total. The Morgan fingerprint density at radius 1 is 1.05 bits per heavy atom. The number of rotatable bonds is 12. The summed E-state index contributed by atoms with van der Waals surface area (Å²) in [5, 5.41) is 3.63. The van der Waals surface area contributed by atoms with Gasteiger partial charge in [0.25, 0.3) is 0 Å². The zero-order valence-corrected chi connectivity index (χ0v) is 13.0. The van der Waals surface area contributed by atoms with Gasteiger partial charge in [-0.05, 0) is 25.5 Å². The minimum Gasteiger partial charge on any atom is -0.496 e. The van der Waals surface area contributed by atoms with E-state index in [2.05, 4.69) is 25.2 Å². The monoisotopic (exact) mass is 267 g/mol. The summed E-state index contributed by atoms with van der Waals surface area (Å²) in [5.41, 5.74) is 0. The lowest BCUT2D eigenvalue weighted by Crippen LogP contribution is -2.31. The molecule has 1 atom stereocenters. The van der Waals surface area contributed by atoms with E-state index in [-0.39, 0.29) is 0 Å². The Bertz CT molecular complexity index is 237. The summed E-state index contributed by atoms with van der Waals surface area (Å²) in [6.45, 7) is 6.49. The molecule has 1 N–H and O–H groups in total. The molecule has 0 amide bonds. The van der Waals surface area contributed by atoms with Crippen LogP contribution in [0.25, 0.3) is 0 Å². The summed E-state index contributed by atoms with van der Waals surface area (Å²) in [5.74, 6) is 1.21. The zero-order valence-electron chi connectivity index (χ0n) is 13.0. The largest absolute Gasteiger partial charge is 0.496 e. The molecule has 1 unspecified atom stereocenters. The Morgan fingerprint density at radius 2 is 1.79 bits per heavy atom. The van der Waals surface area contributed by atoms with Crippen LogP contribution in [0.1, 0.15) is 78.1 Å². The van der Waals surface area contributed by atoms with Crippen LogP contribution in [0.4, 0.5) is 0 Å². The summed E-state index contributed by atoms with van der Waals surface area (Å²) >= 11 is 0. The molecule has 0 spiro atoms. The van der Waals surface area contributed by atoms with E-state index in [1.165, 1.54) is 63.5 Å². The van der Waals surface area contributed by atoms with E-state index < -0.39 is 0 Å². The van der Waals surface area contributed by atoms with Crippen molar-refractivity contribution in [2.24, 2.45) is 0 Å². The van der Waals surface area contributed by atoms with Crippen LogP contribution in [0.15, 0.2) is 11.8 Å². The highest BCUT2D eigenvalue weighted by Crippen LogP contribution is 2.19. The average molecular weight is 267 g/mol. The van der Waals surface area contributed by atoms with Crippen LogP contribution in [0.2, 0.25) is 0 Å². The fourth-order valence-electron chi connectivity index (χ4n) is 2.65. The third kappa shape index (κ3) is 7.61. The van der Waals surface area contributed by atoms with Gasteiger partial charge in [0.1, 0.15) is 5.76 Å². The van der Waals surface area contributed by atoms with Gasteiger partial charge in [0.2, 0.25) is 0 Å². The second kappa shape index (κ2) is 11.3. The van der Waals surface area contributed by atoms with Gasteiger partial charge < -0.3 is 10.1 Å². The molecule has 112 valence electrons. The smallest absolute Gasteiger partial charge is 0.109 e. The Balaban J connectivity index is 2.10. The highest BCUT2D eigenvalue weighted by molar-refractivity contribution is 5.06. The Kier molecular flexibility index (Phi) is 9.88. The van der Waals surface area contributed by atoms with Gasteiger partial charge in [-0.1, -0.05) is 58.8 Å². The average Bonchev–Trinajstić information content (AvgIpc) is 2.95. The van der Waals surface area contributed by atoms with Crippen LogP contribution >= 0.6 is 0 Å². The highest BCUT2D eigenvalue weighted by atomic mass is 16.5. The summed E-state index contributed by atoms with van der Waals surface area (Å²) in [6, 6.07) is 0.470. The van der Waals surface area contributed by atoms with Crippen LogP contribution in [0.5, 0.6) is 0 Å². The van der Waals surface area contributed by atoms with Gasteiger partial charge in [-0.25, -0.2) is 0 Å². The fourth-order valence-corrected chi connectivity index (χ4v) is 2.65. The molecule has 0 aromatic carbocycles. The standard InChI is InChI=1S/C17H33NO/c1-3-5-6-7-8-9-10-12-16(18-14-4-2)17-13-11-15-19-17/h13,16,18H,3-12,14-15H2,1-2H3. The molecule has 1 aliphatic heterocycles. The number of unbranched alkanes of at least 4 members (excludes halogenated alkanes) is 6. The van der Waals surface area contributed by atoms with Crippen molar-refractivity contribution in [1.82, 2.24) is 5.32 Å². The maximum absolute atomic E-state index is 5.72. The second-order valence-corrected chi connectivity index (χ2v) is 5.66. The molecule has 1 heterocycles.